The standard InChI is InChI=1S/C83H54N10/c1-53-42-47-73-66(48-53)63-36-20-21-41-72(63)93(73)77-67(83-90-80(58-32-16-6-17-33-58)87-81(91-83)59-34-18-7-19-35-59)49-62(82-88-78(56-28-12-4-13-29-56)86-79(89-82)57-30-14-5-15-31-57)52-76(77)92-74-50-60(70-39-22-37-68(84-70)54-24-8-2-9-25-54)43-45-64(74)65-46-44-61(51-75(65)92)71-40-23-38-69(85-71)55-26-10-3-11-27-55/h2-52H,1H3. The van der Waals surface area contributed by atoms with Crippen molar-refractivity contribution in [3.8, 4) is 125 Å². The number of fused-ring (bicyclic) bond motifs is 6. The smallest absolute Gasteiger partial charge is 0.166 e. The summed E-state index contributed by atoms with van der Waals surface area (Å²) < 4.78 is 4.83. The molecule has 6 heterocycles. The van der Waals surface area contributed by atoms with Crippen molar-refractivity contribution in [3.63, 3.8) is 0 Å². The fraction of sp³-hybridized carbons (Fsp3) is 0.0120. The van der Waals surface area contributed by atoms with Crippen molar-refractivity contribution in [1.29, 1.82) is 0 Å². The number of aromatic nitrogens is 10. The summed E-state index contributed by atoms with van der Waals surface area (Å²) in [5.74, 6) is 3.02. The Morgan fingerprint density at radius 2 is 0.581 bits per heavy atom. The Hall–Kier alpha value is -12.7. The van der Waals surface area contributed by atoms with Gasteiger partial charge < -0.3 is 9.13 Å². The number of benzene rings is 11. The molecule has 0 bridgehead atoms. The topological polar surface area (TPSA) is 113 Å². The number of hydrogen-bond acceptors (Lipinski definition) is 8. The van der Waals surface area contributed by atoms with Gasteiger partial charge in [0.1, 0.15) is 0 Å². The molecule has 0 fully saturated rings. The third-order valence-corrected chi connectivity index (χ3v) is 17.3. The van der Waals surface area contributed by atoms with Crippen molar-refractivity contribution in [1.82, 2.24) is 49.0 Å². The summed E-state index contributed by atoms with van der Waals surface area (Å²) in [5.41, 5.74) is 18.9. The van der Waals surface area contributed by atoms with Crippen LogP contribution < -0.4 is 0 Å². The fourth-order valence-electron chi connectivity index (χ4n) is 12.8. The Labute approximate surface area is 536 Å². The average Bonchev–Trinajstić information content (AvgIpc) is 1.58. The molecule has 93 heavy (non-hydrogen) atoms. The molecule has 0 aliphatic rings. The van der Waals surface area contributed by atoms with Crippen LogP contribution in [0.1, 0.15) is 5.56 Å². The zero-order valence-corrected chi connectivity index (χ0v) is 50.4. The summed E-state index contributed by atoms with van der Waals surface area (Å²) in [4.78, 5) is 43.4. The minimum absolute atomic E-state index is 0.450. The molecule has 0 atom stereocenters. The lowest BCUT2D eigenvalue weighted by Gasteiger charge is -2.22. The number of nitrogens with zero attached hydrogens (tertiary/aromatic N) is 10. The second-order valence-electron chi connectivity index (χ2n) is 23.2. The van der Waals surface area contributed by atoms with Crippen LogP contribution in [0.3, 0.4) is 0 Å². The molecule has 0 saturated carbocycles. The molecule has 0 N–H and O–H groups in total. The van der Waals surface area contributed by atoms with E-state index in [2.05, 4.69) is 216 Å². The van der Waals surface area contributed by atoms with Crippen molar-refractivity contribution in [2.45, 2.75) is 6.92 Å². The molecule has 0 spiro atoms. The zero-order valence-electron chi connectivity index (χ0n) is 50.4. The van der Waals surface area contributed by atoms with Crippen molar-refractivity contribution in [3.05, 3.63) is 315 Å². The Balaban J connectivity index is 1.05. The van der Waals surface area contributed by atoms with Gasteiger partial charge in [0, 0.05) is 77.2 Å². The van der Waals surface area contributed by atoms with E-state index in [1.807, 2.05) is 109 Å². The Morgan fingerprint density at radius 3 is 1.03 bits per heavy atom. The molecule has 11 aromatic carbocycles. The van der Waals surface area contributed by atoms with Gasteiger partial charge in [-0.05, 0) is 73.7 Å². The van der Waals surface area contributed by atoms with Crippen LogP contribution in [0.25, 0.3) is 168 Å². The van der Waals surface area contributed by atoms with E-state index >= 15 is 0 Å². The third kappa shape index (κ3) is 10.0. The number of para-hydroxylation sites is 1. The summed E-state index contributed by atoms with van der Waals surface area (Å²) >= 11 is 0. The van der Waals surface area contributed by atoms with Gasteiger partial charge in [0.25, 0.3) is 0 Å². The normalized spacial score (nSPS) is 11.5. The molecule has 436 valence electrons. The van der Waals surface area contributed by atoms with E-state index in [9.17, 15) is 0 Å². The Bertz CT molecular complexity index is 5420. The van der Waals surface area contributed by atoms with E-state index in [1.165, 1.54) is 0 Å². The molecule has 0 unspecified atom stereocenters. The molecule has 17 aromatic rings. The van der Waals surface area contributed by atoms with Crippen molar-refractivity contribution >= 4 is 43.6 Å². The average molecular weight is 1190 g/mol. The molecular formula is C83H54N10. The number of hydrogen-bond donors (Lipinski definition) is 0. The van der Waals surface area contributed by atoms with E-state index in [0.29, 0.717) is 46.1 Å². The predicted molar refractivity (Wildman–Crippen MR) is 377 cm³/mol. The molecule has 0 amide bonds. The third-order valence-electron chi connectivity index (χ3n) is 17.3. The monoisotopic (exact) mass is 1190 g/mol. The first kappa shape index (κ1) is 54.5. The summed E-state index contributed by atoms with van der Waals surface area (Å²) in [6.45, 7) is 2.16. The molecule has 0 aliphatic carbocycles. The van der Waals surface area contributed by atoms with E-state index in [4.69, 9.17) is 39.9 Å². The minimum atomic E-state index is 0.450. The maximum Gasteiger partial charge on any atom is 0.166 e. The Kier molecular flexibility index (Phi) is 13.5. The minimum Gasteiger partial charge on any atom is -0.307 e. The van der Waals surface area contributed by atoms with E-state index in [-0.39, 0.29) is 0 Å². The van der Waals surface area contributed by atoms with Crippen LogP contribution in [-0.4, -0.2) is 49.0 Å². The highest BCUT2D eigenvalue weighted by Gasteiger charge is 2.28. The predicted octanol–water partition coefficient (Wildman–Crippen LogP) is 20.0. The van der Waals surface area contributed by atoms with Gasteiger partial charge >= 0.3 is 0 Å². The van der Waals surface area contributed by atoms with Gasteiger partial charge in [0.05, 0.1) is 56.2 Å². The van der Waals surface area contributed by atoms with E-state index in [1.54, 1.807) is 0 Å². The Morgan fingerprint density at radius 1 is 0.215 bits per heavy atom. The van der Waals surface area contributed by atoms with Gasteiger partial charge in [-0.1, -0.05) is 248 Å². The van der Waals surface area contributed by atoms with Crippen LogP contribution in [0.2, 0.25) is 0 Å². The first-order valence-electron chi connectivity index (χ1n) is 31.1. The molecule has 6 aromatic heterocycles. The second kappa shape index (κ2) is 23.1. The van der Waals surface area contributed by atoms with E-state index < -0.39 is 0 Å². The van der Waals surface area contributed by atoms with Gasteiger partial charge in [0.2, 0.25) is 0 Å². The molecule has 0 aliphatic heterocycles. The number of rotatable bonds is 12. The van der Waals surface area contributed by atoms with Crippen LogP contribution in [0, 0.1) is 6.92 Å². The molecule has 17 rings (SSSR count). The van der Waals surface area contributed by atoms with E-state index in [0.717, 1.165) is 128 Å². The second-order valence-corrected chi connectivity index (χ2v) is 23.2. The molecule has 10 nitrogen and oxygen atoms in total. The van der Waals surface area contributed by atoms with Crippen LogP contribution in [0.4, 0.5) is 0 Å². The van der Waals surface area contributed by atoms with Crippen LogP contribution in [0.15, 0.2) is 309 Å². The lowest BCUT2D eigenvalue weighted by atomic mass is 10.0. The fourth-order valence-corrected chi connectivity index (χ4v) is 12.8. The van der Waals surface area contributed by atoms with Crippen LogP contribution >= 0.6 is 0 Å². The van der Waals surface area contributed by atoms with Gasteiger partial charge in [-0.25, -0.2) is 39.9 Å². The number of aryl methyl sites for hydroxylation is 1. The molecule has 10 heteroatoms. The summed E-state index contributed by atoms with van der Waals surface area (Å²) in [5, 5.41) is 4.28. The highest BCUT2D eigenvalue weighted by molar-refractivity contribution is 6.14. The lowest BCUT2D eigenvalue weighted by Crippen LogP contribution is -2.09. The van der Waals surface area contributed by atoms with Crippen molar-refractivity contribution in [2.75, 3.05) is 0 Å². The van der Waals surface area contributed by atoms with Gasteiger partial charge in [-0.3, -0.25) is 0 Å². The maximum atomic E-state index is 5.62. The highest BCUT2D eigenvalue weighted by Crippen LogP contribution is 2.46. The zero-order chi connectivity index (χ0) is 61.8. The summed E-state index contributed by atoms with van der Waals surface area (Å²) in [7, 11) is 0. The molecule has 0 saturated heterocycles. The largest absolute Gasteiger partial charge is 0.307 e. The summed E-state index contributed by atoms with van der Waals surface area (Å²) in [6.07, 6.45) is 0. The van der Waals surface area contributed by atoms with Crippen molar-refractivity contribution in [2.24, 2.45) is 0 Å². The van der Waals surface area contributed by atoms with Gasteiger partial charge in [0.15, 0.2) is 34.9 Å². The van der Waals surface area contributed by atoms with Crippen LogP contribution in [0.5, 0.6) is 0 Å². The molecular weight excluding hydrogens is 1140 g/mol. The van der Waals surface area contributed by atoms with Gasteiger partial charge in [-0.15, -0.1) is 0 Å². The molecule has 0 radical (unpaired) electrons. The summed E-state index contributed by atoms with van der Waals surface area (Å²) in [6, 6.07) is 107. The van der Waals surface area contributed by atoms with Crippen molar-refractivity contribution < 1.29 is 0 Å². The van der Waals surface area contributed by atoms with Crippen LogP contribution in [-0.2, 0) is 0 Å². The SMILES string of the molecule is Cc1ccc2c(c1)c1ccccc1n2-c1c(-c2nc(-c3ccccc3)nc(-c3ccccc3)n2)cc(-c2nc(-c3ccccc3)nc(-c3ccccc3)n2)cc1-n1c2cc(-c3cccc(-c4ccccc4)n3)ccc2c2ccc(-c3cccc(-c4ccccc4)n3)cc21. The first-order chi connectivity index (χ1) is 46.0. The first-order valence-corrected chi connectivity index (χ1v) is 31.1. The quantitative estimate of drug-likeness (QED) is 0.119. The highest BCUT2D eigenvalue weighted by atomic mass is 15.1. The maximum absolute atomic E-state index is 5.62. The van der Waals surface area contributed by atoms with Gasteiger partial charge in [-0.2, -0.15) is 0 Å². The number of pyridine rings is 2. The lowest BCUT2D eigenvalue weighted by molar-refractivity contribution is 1.04.